The number of nitrogens with zero attached hydrogens (tertiary/aromatic N) is 4. The molecule has 0 unspecified atom stereocenters. The standard InChI is InChI=1S/C22H19FN4O/c1-26(13-15-12-24-27(2)14-15)22(28)19-11-21(16-7-9-17(23)10-8-16)25-20-6-4-3-5-18(19)20/h3-12,14H,13H2,1-2H3. The summed E-state index contributed by atoms with van der Waals surface area (Å²) in [5, 5.41) is 4.94. The summed E-state index contributed by atoms with van der Waals surface area (Å²) >= 11 is 0. The lowest BCUT2D eigenvalue weighted by atomic mass is 10.0. The molecule has 6 heteroatoms. The molecular weight excluding hydrogens is 355 g/mol. The van der Waals surface area contributed by atoms with E-state index in [0.29, 0.717) is 17.8 Å². The molecule has 2 aromatic heterocycles. The lowest BCUT2D eigenvalue weighted by Gasteiger charge is -2.18. The highest BCUT2D eigenvalue weighted by Gasteiger charge is 2.18. The van der Waals surface area contributed by atoms with Gasteiger partial charge in [-0.3, -0.25) is 9.48 Å². The third kappa shape index (κ3) is 3.49. The fourth-order valence-corrected chi connectivity index (χ4v) is 3.23. The summed E-state index contributed by atoms with van der Waals surface area (Å²) in [4.78, 5) is 19.5. The molecule has 1 amide bonds. The number of para-hydroxylation sites is 1. The lowest BCUT2D eigenvalue weighted by molar-refractivity contribution is 0.0787. The number of hydrogen-bond donors (Lipinski definition) is 0. The Balaban J connectivity index is 1.76. The van der Waals surface area contributed by atoms with E-state index in [1.54, 1.807) is 41.0 Å². The van der Waals surface area contributed by atoms with Crippen LogP contribution in [0.3, 0.4) is 0 Å². The first-order valence-corrected chi connectivity index (χ1v) is 8.90. The third-order valence-corrected chi connectivity index (χ3v) is 4.61. The van der Waals surface area contributed by atoms with Gasteiger partial charge in [-0.2, -0.15) is 5.10 Å². The Bertz CT molecular complexity index is 1150. The van der Waals surface area contributed by atoms with E-state index in [1.165, 1.54) is 12.1 Å². The van der Waals surface area contributed by atoms with Gasteiger partial charge in [0.25, 0.3) is 5.91 Å². The van der Waals surface area contributed by atoms with Crippen LogP contribution in [-0.4, -0.2) is 32.6 Å². The Morgan fingerprint density at radius 2 is 1.89 bits per heavy atom. The largest absolute Gasteiger partial charge is 0.337 e. The average Bonchev–Trinajstić information content (AvgIpc) is 3.11. The minimum absolute atomic E-state index is 0.106. The third-order valence-electron chi connectivity index (χ3n) is 4.61. The molecule has 0 aliphatic heterocycles. The normalized spacial score (nSPS) is 11.0. The Kier molecular flexibility index (Phi) is 4.61. The van der Waals surface area contributed by atoms with Crippen molar-refractivity contribution in [2.45, 2.75) is 6.54 Å². The zero-order chi connectivity index (χ0) is 19.7. The SMILES string of the molecule is CN(Cc1cnn(C)c1)C(=O)c1cc(-c2ccc(F)cc2)nc2ccccc12. The van der Waals surface area contributed by atoms with Crippen LogP contribution in [0.25, 0.3) is 22.2 Å². The van der Waals surface area contributed by atoms with Crippen molar-refractivity contribution >= 4 is 16.8 Å². The number of benzene rings is 2. The van der Waals surface area contributed by atoms with E-state index >= 15 is 0 Å². The van der Waals surface area contributed by atoms with Gasteiger partial charge in [0.15, 0.2) is 0 Å². The molecule has 0 fully saturated rings. The second-order valence-corrected chi connectivity index (χ2v) is 6.76. The number of fused-ring (bicyclic) bond motifs is 1. The zero-order valence-corrected chi connectivity index (χ0v) is 15.6. The van der Waals surface area contributed by atoms with E-state index in [2.05, 4.69) is 10.1 Å². The molecule has 5 nitrogen and oxygen atoms in total. The summed E-state index contributed by atoms with van der Waals surface area (Å²) < 4.78 is 15.0. The van der Waals surface area contributed by atoms with Crippen LogP contribution in [0.5, 0.6) is 0 Å². The van der Waals surface area contributed by atoms with Crippen molar-refractivity contribution < 1.29 is 9.18 Å². The van der Waals surface area contributed by atoms with E-state index in [0.717, 1.165) is 22.0 Å². The molecule has 0 aliphatic carbocycles. The molecule has 140 valence electrons. The fraction of sp³-hybridized carbons (Fsp3) is 0.136. The van der Waals surface area contributed by atoms with Crippen LogP contribution in [0, 0.1) is 5.82 Å². The first kappa shape index (κ1) is 17.9. The fourth-order valence-electron chi connectivity index (χ4n) is 3.23. The van der Waals surface area contributed by atoms with Crippen molar-refractivity contribution in [2.24, 2.45) is 7.05 Å². The van der Waals surface area contributed by atoms with Crippen molar-refractivity contribution in [3.63, 3.8) is 0 Å². The summed E-state index contributed by atoms with van der Waals surface area (Å²) in [6.45, 7) is 0.454. The van der Waals surface area contributed by atoms with Gasteiger partial charge in [0.05, 0.1) is 23.0 Å². The average molecular weight is 374 g/mol. The quantitative estimate of drug-likeness (QED) is 0.542. The van der Waals surface area contributed by atoms with Crippen LogP contribution in [-0.2, 0) is 13.6 Å². The van der Waals surface area contributed by atoms with Gasteiger partial charge in [-0.05, 0) is 36.4 Å². The predicted octanol–water partition coefficient (Wildman–Crippen LogP) is 4.05. The number of carbonyl (C=O) groups excluding carboxylic acids is 1. The molecule has 0 radical (unpaired) electrons. The Morgan fingerprint density at radius 3 is 2.61 bits per heavy atom. The van der Waals surface area contributed by atoms with Gasteiger partial charge in [0, 0.05) is 43.4 Å². The summed E-state index contributed by atoms with van der Waals surface area (Å²) in [7, 11) is 3.61. The Labute approximate surface area is 162 Å². The molecule has 0 saturated heterocycles. The highest BCUT2D eigenvalue weighted by atomic mass is 19.1. The van der Waals surface area contributed by atoms with E-state index in [-0.39, 0.29) is 11.7 Å². The minimum atomic E-state index is -0.308. The summed E-state index contributed by atoms with van der Waals surface area (Å²) in [5.74, 6) is -0.414. The molecule has 0 bridgehead atoms. The number of carbonyl (C=O) groups is 1. The second-order valence-electron chi connectivity index (χ2n) is 6.76. The van der Waals surface area contributed by atoms with Gasteiger partial charge in [-0.1, -0.05) is 18.2 Å². The number of amides is 1. The number of halogens is 1. The molecule has 4 rings (SSSR count). The lowest BCUT2D eigenvalue weighted by Crippen LogP contribution is -2.26. The van der Waals surface area contributed by atoms with Crippen molar-refractivity contribution in [1.29, 1.82) is 0 Å². The highest BCUT2D eigenvalue weighted by molar-refractivity contribution is 6.07. The number of aryl methyl sites for hydroxylation is 1. The van der Waals surface area contributed by atoms with Crippen LogP contribution < -0.4 is 0 Å². The van der Waals surface area contributed by atoms with Gasteiger partial charge in [-0.15, -0.1) is 0 Å². The molecule has 0 aliphatic rings. The summed E-state index contributed by atoms with van der Waals surface area (Å²) in [6, 6.07) is 15.4. The molecule has 0 saturated carbocycles. The first-order valence-electron chi connectivity index (χ1n) is 8.90. The van der Waals surface area contributed by atoms with Crippen LogP contribution in [0.4, 0.5) is 4.39 Å². The number of aromatic nitrogens is 3. The van der Waals surface area contributed by atoms with Crippen LogP contribution in [0.1, 0.15) is 15.9 Å². The van der Waals surface area contributed by atoms with Crippen molar-refractivity contribution in [3.8, 4) is 11.3 Å². The molecule has 28 heavy (non-hydrogen) atoms. The smallest absolute Gasteiger partial charge is 0.254 e. The molecule has 0 spiro atoms. The maximum atomic E-state index is 13.3. The summed E-state index contributed by atoms with van der Waals surface area (Å²) in [6.07, 6.45) is 3.64. The molecular formula is C22H19FN4O. The number of rotatable bonds is 4. The maximum absolute atomic E-state index is 13.3. The van der Waals surface area contributed by atoms with E-state index in [1.807, 2.05) is 37.5 Å². The van der Waals surface area contributed by atoms with Gasteiger partial charge in [0.1, 0.15) is 5.82 Å². The Morgan fingerprint density at radius 1 is 1.14 bits per heavy atom. The van der Waals surface area contributed by atoms with Crippen molar-refractivity contribution in [3.05, 3.63) is 83.9 Å². The predicted molar refractivity (Wildman–Crippen MR) is 106 cm³/mol. The molecule has 0 atom stereocenters. The van der Waals surface area contributed by atoms with Crippen molar-refractivity contribution in [2.75, 3.05) is 7.05 Å². The molecule has 2 heterocycles. The number of pyridine rings is 1. The molecule has 4 aromatic rings. The molecule has 2 aromatic carbocycles. The van der Waals surface area contributed by atoms with E-state index < -0.39 is 0 Å². The zero-order valence-electron chi connectivity index (χ0n) is 15.6. The maximum Gasteiger partial charge on any atom is 0.254 e. The van der Waals surface area contributed by atoms with Gasteiger partial charge >= 0.3 is 0 Å². The number of hydrogen-bond acceptors (Lipinski definition) is 3. The van der Waals surface area contributed by atoms with Gasteiger partial charge in [0.2, 0.25) is 0 Å². The first-order chi connectivity index (χ1) is 13.5. The van der Waals surface area contributed by atoms with E-state index in [9.17, 15) is 9.18 Å². The van der Waals surface area contributed by atoms with Crippen molar-refractivity contribution in [1.82, 2.24) is 19.7 Å². The van der Waals surface area contributed by atoms with Crippen LogP contribution in [0.2, 0.25) is 0 Å². The summed E-state index contributed by atoms with van der Waals surface area (Å²) in [5.41, 5.74) is 3.64. The second kappa shape index (κ2) is 7.23. The van der Waals surface area contributed by atoms with Crippen LogP contribution >= 0.6 is 0 Å². The minimum Gasteiger partial charge on any atom is -0.337 e. The highest BCUT2D eigenvalue weighted by Crippen LogP contribution is 2.26. The Hall–Kier alpha value is -3.54. The van der Waals surface area contributed by atoms with Crippen LogP contribution in [0.15, 0.2) is 67.0 Å². The molecule has 0 N–H and O–H groups in total. The van der Waals surface area contributed by atoms with Gasteiger partial charge < -0.3 is 4.90 Å². The monoisotopic (exact) mass is 374 g/mol. The van der Waals surface area contributed by atoms with Gasteiger partial charge in [-0.25, -0.2) is 9.37 Å². The van der Waals surface area contributed by atoms with E-state index in [4.69, 9.17) is 0 Å². The topological polar surface area (TPSA) is 51.0 Å².